The van der Waals surface area contributed by atoms with Crippen molar-refractivity contribution in [3.05, 3.63) is 64.2 Å². The van der Waals surface area contributed by atoms with Crippen molar-refractivity contribution in [2.45, 2.75) is 13.0 Å². The van der Waals surface area contributed by atoms with Gasteiger partial charge in [0.25, 0.3) is 11.6 Å². The fraction of sp³-hybridized carbons (Fsp3) is 0.125. The van der Waals surface area contributed by atoms with Crippen LogP contribution in [0.5, 0.6) is 11.5 Å². The maximum atomic E-state index is 11.9. The molecule has 0 spiro atoms. The average Bonchev–Trinajstić information content (AvgIpc) is 2.57. The first-order valence-electron chi connectivity index (χ1n) is 6.99. The van der Waals surface area contributed by atoms with Gasteiger partial charge in [0.05, 0.1) is 11.1 Å². The minimum absolute atomic E-state index is 0.0469. The molecule has 0 saturated heterocycles. The molecule has 0 radical (unpaired) electrons. The third kappa shape index (κ3) is 4.54. The molecule has 0 aliphatic rings. The number of aromatic hydroxyl groups is 1. The summed E-state index contributed by atoms with van der Waals surface area (Å²) in [6.07, 6.45) is 0.458. The molecule has 0 aromatic heterocycles. The normalized spacial score (nSPS) is 11.9. The van der Waals surface area contributed by atoms with Crippen molar-refractivity contribution in [2.75, 3.05) is 0 Å². The molecule has 2 aromatic carbocycles. The predicted octanol–water partition coefficient (Wildman–Crippen LogP) is 2.22. The number of phenolic OH excluding ortho intramolecular Hbond substituents is 1. The smallest absolute Gasteiger partial charge is 0.280 e. The summed E-state index contributed by atoms with van der Waals surface area (Å²) < 4.78 is 5.38. The lowest BCUT2D eigenvalue weighted by Gasteiger charge is -2.12. The standard InChI is InChI=1S/C16H15N3O5/c1-11(24-14-8-6-13(7-9-14)19(22)23)16(21)18-17-10-12-4-2-3-5-15(12)20/h2-11,20H,1H3,(H,18,21)/b17-10-/t11-/m1/s1. The SMILES string of the molecule is C[C@@H](Oc1ccc([N+](=O)[O-])cc1)C(=O)N/N=C\c1ccccc1O. The Kier molecular flexibility index (Phi) is 5.45. The van der Waals surface area contributed by atoms with Crippen molar-refractivity contribution in [1.82, 2.24) is 5.43 Å². The number of rotatable bonds is 6. The zero-order valence-corrected chi connectivity index (χ0v) is 12.7. The molecule has 0 saturated carbocycles. The maximum absolute atomic E-state index is 11.9. The zero-order chi connectivity index (χ0) is 17.5. The van der Waals surface area contributed by atoms with Crippen LogP contribution in [0.25, 0.3) is 0 Å². The van der Waals surface area contributed by atoms with E-state index in [-0.39, 0.29) is 11.4 Å². The van der Waals surface area contributed by atoms with Crippen molar-refractivity contribution >= 4 is 17.8 Å². The Morgan fingerprint density at radius 1 is 1.29 bits per heavy atom. The van der Waals surface area contributed by atoms with Crippen LogP contribution in [0, 0.1) is 10.1 Å². The highest BCUT2D eigenvalue weighted by Gasteiger charge is 2.14. The van der Waals surface area contributed by atoms with Crippen LogP contribution in [0.15, 0.2) is 53.6 Å². The molecule has 124 valence electrons. The molecule has 2 aromatic rings. The van der Waals surface area contributed by atoms with Gasteiger partial charge in [0, 0.05) is 17.7 Å². The Hall–Kier alpha value is -3.42. The molecule has 0 aliphatic carbocycles. The van der Waals surface area contributed by atoms with Crippen molar-refractivity contribution in [3.63, 3.8) is 0 Å². The van der Waals surface area contributed by atoms with E-state index in [0.29, 0.717) is 11.3 Å². The van der Waals surface area contributed by atoms with Crippen LogP contribution in [0.1, 0.15) is 12.5 Å². The van der Waals surface area contributed by atoms with E-state index in [9.17, 15) is 20.0 Å². The van der Waals surface area contributed by atoms with Gasteiger partial charge < -0.3 is 9.84 Å². The monoisotopic (exact) mass is 329 g/mol. The van der Waals surface area contributed by atoms with Gasteiger partial charge in [-0.05, 0) is 31.2 Å². The van der Waals surface area contributed by atoms with Crippen LogP contribution in [0.3, 0.4) is 0 Å². The van der Waals surface area contributed by atoms with E-state index >= 15 is 0 Å². The minimum Gasteiger partial charge on any atom is -0.507 e. The van der Waals surface area contributed by atoms with Crippen LogP contribution in [-0.2, 0) is 4.79 Å². The summed E-state index contributed by atoms with van der Waals surface area (Å²) >= 11 is 0. The number of amides is 1. The molecule has 0 heterocycles. The van der Waals surface area contributed by atoms with E-state index in [4.69, 9.17) is 4.74 Å². The minimum atomic E-state index is -0.854. The summed E-state index contributed by atoms with van der Waals surface area (Å²) in [6, 6.07) is 11.9. The number of carbonyl (C=O) groups is 1. The summed E-state index contributed by atoms with van der Waals surface area (Å²) in [7, 11) is 0. The Balaban J connectivity index is 1.90. The summed E-state index contributed by atoms with van der Waals surface area (Å²) in [5, 5.41) is 23.9. The van der Waals surface area contributed by atoms with E-state index in [2.05, 4.69) is 10.5 Å². The molecule has 0 bridgehead atoms. The maximum Gasteiger partial charge on any atom is 0.280 e. The Bertz CT molecular complexity index is 759. The van der Waals surface area contributed by atoms with Crippen LogP contribution < -0.4 is 10.2 Å². The number of non-ortho nitro benzene ring substituents is 1. The first kappa shape index (κ1) is 16.9. The molecule has 0 unspecified atom stereocenters. The molecule has 8 heteroatoms. The van der Waals surface area contributed by atoms with Crippen molar-refractivity contribution in [1.29, 1.82) is 0 Å². The highest BCUT2D eigenvalue weighted by molar-refractivity contribution is 5.86. The van der Waals surface area contributed by atoms with Gasteiger partial charge in [0.15, 0.2) is 6.10 Å². The predicted molar refractivity (Wildman–Crippen MR) is 87.0 cm³/mol. The first-order valence-corrected chi connectivity index (χ1v) is 6.99. The number of hydrogen-bond donors (Lipinski definition) is 2. The zero-order valence-electron chi connectivity index (χ0n) is 12.7. The average molecular weight is 329 g/mol. The quantitative estimate of drug-likeness (QED) is 0.479. The number of nitro groups is 1. The number of nitro benzene ring substituents is 1. The lowest BCUT2D eigenvalue weighted by Crippen LogP contribution is -2.33. The molecular formula is C16H15N3O5. The fourth-order valence-electron chi connectivity index (χ4n) is 1.76. The molecule has 0 aliphatic heterocycles. The highest BCUT2D eigenvalue weighted by atomic mass is 16.6. The van der Waals surface area contributed by atoms with E-state index < -0.39 is 16.9 Å². The fourth-order valence-corrected chi connectivity index (χ4v) is 1.76. The molecule has 1 amide bonds. The Morgan fingerprint density at radius 3 is 2.58 bits per heavy atom. The van der Waals surface area contributed by atoms with Crippen molar-refractivity contribution in [3.8, 4) is 11.5 Å². The number of para-hydroxylation sites is 1. The van der Waals surface area contributed by atoms with Crippen LogP contribution in [-0.4, -0.2) is 28.3 Å². The van der Waals surface area contributed by atoms with Crippen LogP contribution in [0.2, 0.25) is 0 Å². The Labute approximate surface area is 137 Å². The molecule has 2 rings (SSSR count). The highest BCUT2D eigenvalue weighted by Crippen LogP contribution is 2.18. The third-order valence-electron chi connectivity index (χ3n) is 3.04. The number of nitrogens with zero attached hydrogens (tertiary/aromatic N) is 2. The van der Waals surface area contributed by atoms with Gasteiger partial charge in [-0.1, -0.05) is 12.1 Å². The van der Waals surface area contributed by atoms with E-state index in [1.54, 1.807) is 18.2 Å². The first-order chi connectivity index (χ1) is 11.5. The molecule has 2 N–H and O–H groups in total. The molecule has 1 atom stereocenters. The molecular weight excluding hydrogens is 314 g/mol. The Morgan fingerprint density at radius 2 is 1.96 bits per heavy atom. The molecule has 0 fully saturated rings. The second-order valence-electron chi connectivity index (χ2n) is 4.80. The summed E-state index contributed by atoms with van der Waals surface area (Å²) in [4.78, 5) is 21.9. The summed E-state index contributed by atoms with van der Waals surface area (Å²) in [5.41, 5.74) is 2.69. The van der Waals surface area contributed by atoms with Crippen LogP contribution >= 0.6 is 0 Å². The second kappa shape index (κ2) is 7.73. The van der Waals surface area contributed by atoms with Gasteiger partial charge in [0.2, 0.25) is 0 Å². The number of carbonyl (C=O) groups excluding carboxylic acids is 1. The van der Waals surface area contributed by atoms with E-state index in [1.165, 1.54) is 43.5 Å². The van der Waals surface area contributed by atoms with Crippen LogP contribution in [0.4, 0.5) is 5.69 Å². The van der Waals surface area contributed by atoms with Gasteiger partial charge in [-0.25, -0.2) is 5.43 Å². The number of hydrogen-bond acceptors (Lipinski definition) is 6. The third-order valence-corrected chi connectivity index (χ3v) is 3.04. The lowest BCUT2D eigenvalue weighted by atomic mass is 10.2. The lowest BCUT2D eigenvalue weighted by molar-refractivity contribution is -0.384. The van der Waals surface area contributed by atoms with Crippen molar-refractivity contribution in [2.24, 2.45) is 5.10 Å². The summed E-state index contributed by atoms with van der Waals surface area (Å²) in [5.74, 6) is -0.126. The largest absolute Gasteiger partial charge is 0.507 e. The number of benzene rings is 2. The van der Waals surface area contributed by atoms with Gasteiger partial charge in [0.1, 0.15) is 11.5 Å². The summed E-state index contributed by atoms with van der Waals surface area (Å²) in [6.45, 7) is 1.52. The number of nitrogens with one attached hydrogen (secondary N) is 1. The van der Waals surface area contributed by atoms with E-state index in [1.807, 2.05) is 0 Å². The van der Waals surface area contributed by atoms with Gasteiger partial charge >= 0.3 is 0 Å². The topological polar surface area (TPSA) is 114 Å². The van der Waals surface area contributed by atoms with Gasteiger partial charge in [-0.3, -0.25) is 14.9 Å². The molecule has 24 heavy (non-hydrogen) atoms. The van der Waals surface area contributed by atoms with E-state index in [0.717, 1.165) is 0 Å². The number of ether oxygens (including phenoxy) is 1. The van der Waals surface area contributed by atoms with Crippen molar-refractivity contribution < 1.29 is 19.6 Å². The molecule has 8 nitrogen and oxygen atoms in total. The van der Waals surface area contributed by atoms with Gasteiger partial charge in [-0.2, -0.15) is 5.10 Å². The number of hydrazone groups is 1. The van der Waals surface area contributed by atoms with Gasteiger partial charge in [-0.15, -0.1) is 0 Å². The number of phenols is 1. The second-order valence-corrected chi connectivity index (χ2v) is 4.80.